The lowest BCUT2D eigenvalue weighted by Crippen LogP contribution is -2.47. The van der Waals surface area contributed by atoms with Crippen molar-refractivity contribution in [3.8, 4) is 0 Å². The van der Waals surface area contributed by atoms with Gasteiger partial charge in [-0.2, -0.15) is 5.10 Å². The Morgan fingerprint density at radius 1 is 0.743 bits per heavy atom. The lowest BCUT2D eigenvalue weighted by Gasteiger charge is -2.36. The molecule has 0 spiro atoms. The fraction of sp³-hybridized carbons (Fsp3) is 0.407. The Hall–Kier alpha value is -2.94. The molecule has 5 rings (SSSR count). The molecule has 2 aliphatic heterocycles. The van der Waals surface area contributed by atoms with E-state index in [0.717, 1.165) is 76.2 Å². The molecule has 184 valence electrons. The zero-order valence-corrected chi connectivity index (χ0v) is 21.2. The number of nitrogens with zero attached hydrogens (tertiary/aromatic N) is 7. The Bertz CT molecular complexity index is 1140. The van der Waals surface area contributed by atoms with Crippen LogP contribution in [0.15, 0.2) is 73.3 Å². The minimum atomic E-state index is 0.694. The summed E-state index contributed by atoms with van der Waals surface area (Å²) in [6.45, 7) is 14.3. The van der Waals surface area contributed by atoms with Crippen LogP contribution in [0, 0.1) is 4.77 Å². The van der Waals surface area contributed by atoms with Gasteiger partial charge < -0.3 is 9.80 Å². The van der Waals surface area contributed by atoms with Crippen molar-refractivity contribution in [1.29, 1.82) is 0 Å². The molecule has 0 radical (unpaired) electrons. The van der Waals surface area contributed by atoms with Gasteiger partial charge in [0.25, 0.3) is 0 Å². The molecular formula is C27H35N7S. The van der Waals surface area contributed by atoms with Crippen molar-refractivity contribution in [2.24, 2.45) is 0 Å². The minimum absolute atomic E-state index is 0.694. The standard InChI is InChI=1S/C27H35N7S/c1-2-13-33-26(22-29-14-18-31(19-15-29)24-9-5-3-6-10-24)28-34(27(33)35)23-30-16-20-32(21-17-30)25-11-7-4-8-12-25/h2-12H,1,13-23H2. The summed E-state index contributed by atoms with van der Waals surface area (Å²) in [5, 5.41) is 4.99. The molecule has 2 aliphatic rings. The summed E-state index contributed by atoms with van der Waals surface area (Å²) < 4.78 is 4.94. The number of rotatable bonds is 8. The van der Waals surface area contributed by atoms with Crippen molar-refractivity contribution in [2.45, 2.75) is 19.8 Å². The van der Waals surface area contributed by atoms with Gasteiger partial charge in [-0.25, -0.2) is 4.68 Å². The number of benzene rings is 2. The molecule has 3 aromatic rings. The van der Waals surface area contributed by atoms with Crippen LogP contribution >= 0.6 is 12.2 Å². The smallest absolute Gasteiger partial charge is 0.199 e. The third-order valence-electron chi connectivity index (χ3n) is 7.00. The Morgan fingerprint density at radius 2 is 1.26 bits per heavy atom. The van der Waals surface area contributed by atoms with E-state index in [1.165, 1.54) is 11.4 Å². The lowest BCUT2D eigenvalue weighted by atomic mass is 10.2. The zero-order valence-electron chi connectivity index (χ0n) is 20.4. The molecule has 7 nitrogen and oxygen atoms in total. The maximum absolute atomic E-state index is 5.85. The average Bonchev–Trinajstić information content (AvgIpc) is 3.20. The van der Waals surface area contributed by atoms with Crippen LogP contribution in [-0.4, -0.2) is 76.5 Å². The van der Waals surface area contributed by atoms with Gasteiger partial charge in [0.15, 0.2) is 4.77 Å². The first-order valence-electron chi connectivity index (χ1n) is 12.5. The molecule has 2 aromatic carbocycles. The van der Waals surface area contributed by atoms with Gasteiger partial charge >= 0.3 is 0 Å². The van der Waals surface area contributed by atoms with Gasteiger partial charge in [0, 0.05) is 70.3 Å². The second-order valence-corrected chi connectivity index (χ2v) is 9.64. The fourth-order valence-electron chi connectivity index (χ4n) is 4.99. The lowest BCUT2D eigenvalue weighted by molar-refractivity contribution is 0.192. The summed E-state index contributed by atoms with van der Waals surface area (Å²) in [5.74, 6) is 1.03. The van der Waals surface area contributed by atoms with Crippen molar-refractivity contribution in [1.82, 2.24) is 24.1 Å². The highest BCUT2D eigenvalue weighted by Gasteiger charge is 2.22. The van der Waals surface area contributed by atoms with Crippen molar-refractivity contribution in [2.75, 3.05) is 62.2 Å². The summed E-state index contributed by atoms with van der Waals surface area (Å²) in [6.07, 6.45) is 1.91. The Kier molecular flexibility index (Phi) is 7.61. The molecule has 0 saturated carbocycles. The van der Waals surface area contributed by atoms with Gasteiger partial charge in [0.1, 0.15) is 5.82 Å². The molecule has 0 N–H and O–H groups in total. The van der Waals surface area contributed by atoms with Gasteiger partial charge in [0.2, 0.25) is 0 Å². The molecule has 0 amide bonds. The van der Waals surface area contributed by atoms with E-state index in [1.807, 2.05) is 10.8 Å². The maximum atomic E-state index is 5.85. The van der Waals surface area contributed by atoms with Gasteiger partial charge in [-0.05, 0) is 36.5 Å². The first kappa shape index (κ1) is 23.8. The topological polar surface area (TPSA) is 35.7 Å². The van der Waals surface area contributed by atoms with Gasteiger partial charge in [0.05, 0.1) is 13.2 Å². The summed E-state index contributed by atoms with van der Waals surface area (Å²) in [7, 11) is 0. The largest absolute Gasteiger partial charge is 0.369 e. The van der Waals surface area contributed by atoms with Crippen LogP contribution in [0.5, 0.6) is 0 Å². The molecule has 3 heterocycles. The molecule has 0 unspecified atom stereocenters. The number of piperazine rings is 2. The molecule has 2 fully saturated rings. The van der Waals surface area contributed by atoms with Crippen LogP contribution < -0.4 is 9.80 Å². The third-order valence-corrected chi connectivity index (χ3v) is 7.43. The second kappa shape index (κ2) is 11.2. The predicted molar refractivity (Wildman–Crippen MR) is 145 cm³/mol. The Morgan fingerprint density at radius 3 is 1.77 bits per heavy atom. The molecule has 0 aliphatic carbocycles. The summed E-state index contributed by atoms with van der Waals surface area (Å²) in [4.78, 5) is 9.84. The monoisotopic (exact) mass is 489 g/mol. The van der Waals surface area contributed by atoms with E-state index in [-0.39, 0.29) is 0 Å². The van der Waals surface area contributed by atoms with Crippen LogP contribution in [0.1, 0.15) is 5.82 Å². The molecule has 8 heteroatoms. The molecule has 1 aromatic heterocycles. The van der Waals surface area contributed by atoms with Gasteiger partial charge in [-0.3, -0.25) is 14.4 Å². The first-order valence-corrected chi connectivity index (χ1v) is 12.9. The minimum Gasteiger partial charge on any atom is -0.369 e. The number of allylic oxidation sites excluding steroid dienone is 1. The van der Waals surface area contributed by atoms with Crippen LogP contribution in [0.25, 0.3) is 0 Å². The van der Waals surface area contributed by atoms with E-state index in [9.17, 15) is 0 Å². The highest BCUT2D eigenvalue weighted by Crippen LogP contribution is 2.18. The summed E-state index contributed by atoms with van der Waals surface area (Å²) in [5.41, 5.74) is 2.60. The maximum Gasteiger partial charge on any atom is 0.199 e. The van der Waals surface area contributed by atoms with Crippen molar-refractivity contribution >= 4 is 23.6 Å². The van der Waals surface area contributed by atoms with E-state index in [2.05, 4.69) is 91.4 Å². The number of anilines is 2. The number of hydrogen-bond acceptors (Lipinski definition) is 6. The van der Waals surface area contributed by atoms with Crippen LogP contribution in [-0.2, 0) is 19.8 Å². The summed E-state index contributed by atoms with van der Waals surface area (Å²) >= 11 is 5.85. The highest BCUT2D eigenvalue weighted by atomic mass is 32.1. The molecule has 0 bridgehead atoms. The zero-order chi connectivity index (χ0) is 24.0. The Labute approximate surface area is 213 Å². The van der Waals surface area contributed by atoms with E-state index >= 15 is 0 Å². The fourth-order valence-corrected chi connectivity index (χ4v) is 5.26. The van der Waals surface area contributed by atoms with Crippen molar-refractivity contribution in [3.05, 3.63) is 83.9 Å². The second-order valence-electron chi connectivity index (χ2n) is 9.28. The van der Waals surface area contributed by atoms with Crippen LogP contribution in [0.3, 0.4) is 0 Å². The molecule has 35 heavy (non-hydrogen) atoms. The van der Waals surface area contributed by atoms with Crippen LogP contribution in [0.4, 0.5) is 11.4 Å². The van der Waals surface area contributed by atoms with Crippen molar-refractivity contribution < 1.29 is 0 Å². The highest BCUT2D eigenvalue weighted by molar-refractivity contribution is 7.71. The van der Waals surface area contributed by atoms with E-state index < -0.39 is 0 Å². The number of hydrogen-bond donors (Lipinski definition) is 0. The SMILES string of the molecule is C=CCn1c(CN2CCN(c3ccccc3)CC2)nn(CN2CCN(c3ccccc3)CC2)c1=S. The average molecular weight is 490 g/mol. The normalized spacial score (nSPS) is 17.6. The molecule has 0 atom stereocenters. The number of aromatic nitrogens is 3. The van der Waals surface area contributed by atoms with E-state index in [1.54, 1.807) is 0 Å². The van der Waals surface area contributed by atoms with E-state index in [0.29, 0.717) is 6.54 Å². The van der Waals surface area contributed by atoms with Crippen molar-refractivity contribution in [3.63, 3.8) is 0 Å². The quantitative estimate of drug-likeness (QED) is 0.355. The molecule has 2 saturated heterocycles. The third kappa shape index (κ3) is 5.66. The number of para-hydroxylation sites is 2. The first-order chi connectivity index (χ1) is 17.2. The molecular weight excluding hydrogens is 454 g/mol. The Balaban J connectivity index is 1.20. The van der Waals surface area contributed by atoms with Gasteiger partial charge in [-0.15, -0.1) is 6.58 Å². The van der Waals surface area contributed by atoms with E-state index in [4.69, 9.17) is 17.3 Å². The summed E-state index contributed by atoms with van der Waals surface area (Å²) in [6, 6.07) is 21.3. The predicted octanol–water partition coefficient (Wildman–Crippen LogP) is 3.70. The van der Waals surface area contributed by atoms with Crippen LogP contribution in [0.2, 0.25) is 0 Å². The van der Waals surface area contributed by atoms with Gasteiger partial charge in [-0.1, -0.05) is 42.5 Å².